The molecule has 0 radical (unpaired) electrons. The lowest BCUT2D eigenvalue weighted by molar-refractivity contribution is 0.119. The fourth-order valence-electron chi connectivity index (χ4n) is 2.40. The molecule has 2 N–H and O–H groups in total. The highest BCUT2D eigenvalue weighted by Crippen LogP contribution is 2.29. The van der Waals surface area contributed by atoms with Crippen molar-refractivity contribution in [3.05, 3.63) is 11.6 Å². The fraction of sp³-hybridized carbons (Fsp3) is 0.818. The second-order valence-corrected chi connectivity index (χ2v) is 4.34. The van der Waals surface area contributed by atoms with Gasteiger partial charge in [-0.2, -0.15) is 0 Å². The predicted molar refractivity (Wildman–Crippen MR) is 53.4 cm³/mol. The van der Waals surface area contributed by atoms with E-state index in [2.05, 4.69) is 13.0 Å². The first-order valence-corrected chi connectivity index (χ1v) is 5.33. The maximum atomic E-state index is 6.20. The molecule has 0 saturated carbocycles. The predicted octanol–water partition coefficient (Wildman–Crippen LogP) is 1.85. The standard InChI is InChI=1S/C11H19NO/c1-8-6-10(7-13-8)11(12)9-4-2-3-5-9/h4,8,10-11H,2-3,5-7,12H2,1H3. The molecule has 1 heterocycles. The molecule has 0 bridgehead atoms. The zero-order valence-electron chi connectivity index (χ0n) is 8.33. The summed E-state index contributed by atoms with van der Waals surface area (Å²) < 4.78 is 5.54. The Kier molecular flexibility index (Phi) is 2.70. The summed E-state index contributed by atoms with van der Waals surface area (Å²) >= 11 is 0. The molecule has 2 rings (SSSR count). The molecule has 2 nitrogen and oxygen atoms in total. The molecule has 3 unspecified atom stereocenters. The normalized spacial score (nSPS) is 36.3. The summed E-state index contributed by atoms with van der Waals surface area (Å²) in [7, 11) is 0. The van der Waals surface area contributed by atoms with Gasteiger partial charge in [0, 0.05) is 12.0 Å². The summed E-state index contributed by atoms with van der Waals surface area (Å²) in [5.41, 5.74) is 7.67. The Labute approximate surface area is 80.1 Å². The van der Waals surface area contributed by atoms with Gasteiger partial charge in [0.1, 0.15) is 0 Å². The van der Waals surface area contributed by atoms with Gasteiger partial charge in [0.15, 0.2) is 0 Å². The molecule has 1 fully saturated rings. The third-order valence-electron chi connectivity index (χ3n) is 3.24. The maximum absolute atomic E-state index is 6.20. The van der Waals surface area contributed by atoms with Gasteiger partial charge in [-0.1, -0.05) is 11.6 Å². The fourth-order valence-corrected chi connectivity index (χ4v) is 2.40. The Morgan fingerprint density at radius 3 is 3.00 bits per heavy atom. The van der Waals surface area contributed by atoms with Crippen molar-refractivity contribution >= 4 is 0 Å². The van der Waals surface area contributed by atoms with E-state index in [0.29, 0.717) is 12.0 Å². The van der Waals surface area contributed by atoms with Gasteiger partial charge in [0.25, 0.3) is 0 Å². The molecular weight excluding hydrogens is 162 g/mol. The molecule has 1 aliphatic heterocycles. The van der Waals surface area contributed by atoms with Crippen LogP contribution in [-0.4, -0.2) is 18.8 Å². The summed E-state index contributed by atoms with van der Waals surface area (Å²) in [6, 6.07) is 0.271. The summed E-state index contributed by atoms with van der Waals surface area (Å²) in [6.45, 7) is 3.00. The third-order valence-corrected chi connectivity index (χ3v) is 3.24. The zero-order chi connectivity index (χ0) is 9.26. The van der Waals surface area contributed by atoms with Crippen LogP contribution in [0.4, 0.5) is 0 Å². The second kappa shape index (κ2) is 3.81. The van der Waals surface area contributed by atoms with Crippen molar-refractivity contribution < 1.29 is 4.74 Å². The minimum absolute atomic E-state index is 0.271. The largest absolute Gasteiger partial charge is 0.378 e. The van der Waals surface area contributed by atoms with Crippen molar-refractivity contribution in [2.45, 2.75) is 44.8 Å². The van der Waals surface area contributed by atoms with E-state index in [1.807, 2.05) is 0 Å². The minimum atomic E-state index is 0.271. The van der Waals surface area contributed by atoms with Crippen LogP contribution in [0.2, 0.25) is 0 Å². The van der Waals surface area contributed by atoms with Crippen LogP contribution >= 0.6 is 0 Å². The molecule has 0 aromatic rings. The van der Waals surface area contributed by atoms with Crippen molar-refractivity contribution in [2.24, 2.45) is 11.7 Å². The topological polar surface area (TPSA) is 35.2 Å². The molecule has 0 aromatic heterocycles. The van der Waals surface area contributed by atoms with Crippen LogP contribution in [-0.2, 0) is 4.74 Å². The molecule has 1 aliphatic carbocycles. The Bertz CT molecular complexity index is 212. The Hall–Kier alpha value is -0.340. The molecule has 2 heteroatoms. The van der Waals surface area contributed by atoms with E-state index in [1.54, 1.807) is 0 Å². The van der Waals surface area contributed by atoms with E-state index < -0.39 is 0 Å². The van der Waals surface area contributed by atoms with Crippen molar-refractivity contribution in [3.8, 4) is 0 Å². The number of hydrogen-bond acceptors (Lipinski definition) is 2. The lowest BCUT2D eigenvalue weighted by Gasteiger charge is -2.18. The highest BCUT2D eigenvalue weighted by molar-refractivity contribution is 5.16. The van der Waals surface area contributed by atoms with Gasteiger partial charge in [-0.15, -0.1) is 0 Å². The average Bonchev–Trinajstić information content (AvgIpc) is 2.72. The summed E-state index contributed by atoms with van der Waals surface area (Å²) in [5.74, 6) is 0.569. The van der Waals surface area contributed by atoms with Crippen LogP contribution in [0.15, 0.2) is 11.6 Å². The molecule has 1 saturated heterocycles. The number of rotatable bonds is 2. The average molecular weight is 181 g/mol. The number of allylic oxidation sites excluding steroid dienone is 1. The van der Waals surface area contributed by atoms with Crippen molar-refractivity contribution in [1.29, 1.82) is 0 Å². The first-order valence-electron chi connectivity index (χ1n) is 5.33. The lowest BCUT2D eigenvalue weighted by atomic mass is 9.91. The molecular formula is C11H19NO. The van der Waals surface area contributed by atoms with Crippen LogP contribution in [0.1, 0.15) is 32.6 Å². The van der Waals surface area contributed by atoms with Gasteiger partial charge in [0.05, 0.1) is 12.7 Å². The summed E-state index contributed by atoms with van der Waals surface area (Å²) in [4.78, 5) is 0. The first kappa shape index (κ1) is 9.22. The Balaban J connectivity index is 1.92. The number of nitrogens with two attached hydrogens (primary N) is 1. The quantitative estimate of drug-likeness (QED) is 0.660. The van der Waals surface area contributed by atoms with Crippen LogP contribution in [0, 0.1) is 5.92 Å². The van der Waals surface area contributed by atoms with Gasteiger partial charge >= 0.3 is 0 Å². The molecule has 3 atom stereocenters. The smallest absolute Gasteiger partial charge is 0.0551 e. The van der Waals surface area contributed by atoms with Gasteiger partial charge in [-0.3, -0.25) is 0 Å². The number of ether oxygens (including phenoxy) is 1. The monoisotopic (exact) mass is 181 g/mol. The van der Waals surface area contributed by atoms with E-state index in [4.69, 9.17) is 10.5 Å². The Morgan fingerprint density at radius 2 is 2.46 bits per heavy atom. The third kappa shape index (κ3) is 1.94. The SMILES string of the molecule is CC1CC(C(N)C2=CCCC2)CO1. The summed E-state index contributed by atoms with van der Waals surface area (Å²) in [5, 5.41) is 0. The van der Waals surface area contributed by atoms with E-state index in [0.717, 1.165) is 13.0 Å². The van der Waals surface area contributed by atoms with Crippen LogP contribution in [0.25, 0.3) is 0 Å². The van der Waals surface area contributed by atoms with Crippen LogP contribution < -0.4 is 5.73 Å². The molecule has 0 amide bonds. The highest BCUT2D eigenvalue weighted by atomic mass is 16.5. The maximum Gasteiger partial charge on any atom is 0.0551 e. The molecule has 13 heavy (non-hydrogen) atoms. The minimum Gasteiger partial charge on any atom is -0.378 e. The molecule has 0 spiro atoms. The highest BCUT2D eigenvalue weighted by Gasteiger charge is 2.29. The van der Waals surface area contributed by atoms with Gasteiger partial charge < -0.3 is 10.5 Å². The first-order chi connectivity index (χ1) is 6.27. The molecule has 74 valence electrons. The van der Waals surface area contributed by atoms with Crippen molar-refractivity contribution in [3.63, 3.8) is 0 Å². The molecule has 0 aromatic carbocycles. The van der Waals surface area contributed by atoms with E-state index in [1.165, 1.54) is 24.8 Å². The van der Waals surface area contributed by atoms with Crippen molar-refractivity contribution in [1.82, 2.24) is 0 Å². The second-order valence-electron chi connectivity index (χ2n) is 4.34. The van der Waals surface area contributed by atoms with Gasteiger partial charge in [-0.25, -0.2) is 0 Å². The van der Waals surface area contributed by atoms with E-state index >= 15 is 0 Å². The van der Waals surface area contributed by atoms with E-state index in [9.17, 15) is 0 Å². The van der Waals surface area contributed by atoms with Crippen LogP contribution in [0.5, 0.6) is 0 Å². The van der Waals surface area contributed by atoms with Gasteiger partial charge in [-0.05, 0) is 32.6 Å². The van der Waals surface area contributed by atoms with Crippen LogP contribution in [0.3, 0.4) is 0 Å². The number of hydrogen-bond donors (Lipinski definition) is 1. The summed E-state index contributed by atoms with van der Waals surface area (Å²) in [6.07, 6.45) is 7.62. The van der Waals surface area contributed by atoms with Gasteiger partial charge in [0.2, 0.25) is 0 Å². The van der Waals surface area contributed by atoms with Crippen molar-refractivity contribution in [2.75, 3.05) is 6.61 Å². The molecule has 2 aliphatic rings. The Morgan fingerprint density at radius 1 is 1.62 bits per heavy atom. The zero-order valence-corrected chi connectivity index (χ0v) is 8.33. The lowest BCUT2D eigenvalue weighted by Crippen LogP contribution is -2.32. The van der Waals surface area contributed by atoms with E-state index in [-0.39, 0.29) is 6.04 Å².